The first kappa shape index (κ1) is 29.9. The zero-order valence-corrected chi connectivity index (χ0v) is 22.3. The van der Waals surface area contributed by atoms with Crippen molar-refractivity contribution in [1.29, 1.82) is 0 Å². The highest BCUT2D eigenvalue weighted by Gasteiger charge is 2.11. The minimum absolute atomic E-state index is 0.167. The van der Waals surface area contributed by atoms with Crippen LogP contribution in [0.4, 0.5) is 0 Å². The summed E-state index contributed by atoms with van der Waals surface area (Å²) in [6.07, 6.45) is 10.2. The number of nitrogens with zero attached hydrogens (tertiary/aromatic N) is 1. The summed E-state index contributed by atoms with van der Waals surface area (Å²) in [5, 5.41) is 3.78. The Morgan fingerprint density at radius 3 is 2.09 bits per heavy atom. The molecule has 0 N–H and O–H groups in total. The molecule has 1 aromatic rings. The third-order valence-electron chi connectivity index (χ3n) is 4.50. The Morgan fingerprint density at radius 1 is 0.818 bits per heavy atom. The fraction of sp³-hybridized carbons (Fsp3) is 0.542. The van der Waals surface area contributed by atoms with E-state index in [-0.39, 0.29) is 15.6 Å². The molecule has 0 saturated carbocycles. The minimum Gasteiger partial charge on any atom is -0.493 e. The van der Waals surface area contributed by atoms with Gasteiger partial charge in [0, 0.05) is 19.2 Å². The van der Waals surface area contributed by atoms with Gasteiger partial charge in [-0.25, -0.2) is 0 Å². The summed E-state index contributed by atoms with van der Waals surface area (Å²) in [6, 6.07) is 4.05. The molecule has 0 heterocycles. The SMILES string of the molecule is CCc1cc(OCC=C(Cl)Cl)cc(CC)c1OCCCCCOCC/C=N/OCC=C(Cl)Cl. The van der Waals surface area contributed by atoms with Gasteiger partial charge in [-0.05, 0) is 67.5 Å². The molecule has 1 rings (SSSR count). The molecule has 1 aromatic carbocycles. The molecule has 0 fully saturated rings. The smallest absolute Gasteiger partial charge is 0.138 e. The topological polar surface area (TPSA) is 49.3 Å². The van der Waals surface area contributed by atoms with Gasteiger partial charge in [-0.15, -0.1) is 0 Å². The maximum atomic E-state index is 6.15. The van der Waals surface area contributed by atoms with E-state index in [1.54, 1.807) is 12.3 Å². The van der Waals surface area contributed by atoms with Crippen LogP contribution in [0.1, 0.15) is 50.7 Å². The first-order valence-electron chi connectivity index (χ1n) is 11.1. The summed E-state index contributed by atoms with van der Waals surface area (Å²) in [4.78, 5) is 4.95. The first-order valence-corrected chi connectivity index (χ1v) is 12.6. The van der Waals surface area contributed by atoms with Gasteiger partial charge in [0.05, 0.1) is 13.2 Å². The van der Waals surface area contributed by atoms with Gasteiger partial charge in [-0.2, -0.15) is 0 Å². The number of aryl methyl sites for hydroxylation is 2. The van der Waals surface area contributed by atoms with E-state index in [0.717, 1.165) is 54.7 Å². The van der Waals surface area contributed by atoms with Gasteiger partial charge in [0.2, 0.25) is 0 Å². The molecule has 9 heteroatoms. The van der Waals surface area contributed by atoms with Crippen molar-refractivity contribution in [3.63, 3.8) is 0 Å². The van der Waals surface area contributed by atoms with Crippen molar-refractivity contribution >= 4 is 52.6 Å². The number of ether oxygens (including phenoxy) is 3. The van der Waals surface area contributed by atoms with Crippen molar-refractivity contribution in [1.82, 2.24) is 0 Å². The van der Waals surface area contributed by atoms with Crippen LogP contribution in [0.25, 0.3) is 0 Å². The van der Waals surface area contributed by atoms with Crippen LogP contribution in [0.2, 0.25) is 0 Å². The van der Waals surface area contributed by atoms with Gasteiger partial charge in [0.15, 0.2) is 0 Å². The molecule has 0 aliphatic heterocycles. The maximum Gasteiger partial charge on any atom is 0.138 e. The van der Waals surface area contributed by atoms with Gasteiger partial charge in [-0.1, -0.05) is 65.4 Å². The van der Waals surface area contributed by atoms with E-state index in [2.05, 4.69) is 19.0 Å². The van der Waals surface area contributed by atoms with Crippen LogP contribution in [0.3, 0.4) is 0 Å². The van der Waals surface area contributed by atoms with Crippen LogP contribution in [-0.2, 0) is 22.4 Å². The molecule has 186 valence electrons. The molecule has 0 unspecified atom stereocenters. The Bertz CT molecular complexity index is 736. The number of oxime groups is 1. The van der Waals surface area contributed by atoms with E-state index >= 15 is 0 Å². The second-order valence-electron chi connectivity index (χ2n) is 6.97. The quantitative estimate of drug-likeness (QED) is 0.108. The monoisotopic (exact) mass is 539 g/mol. The standard InChI is InChI=1S/C24H33Cl4NO4/c1-3-19-17-21(31-15-9-22(25)26)18-20(4-2)24(19)32-14-7-5-6-12-30-13-8-11-29-33-16-10-23(27)28/h9-11,17-18H,3-8,12-16H2,1-2H3/b29-11+. The van der Waals surface area contributed by atoms with Crippen LogP contribution in [0.15, 0.2) is 38.4 Å². The van der Waals surface area contributed by atoms with Gasteiger partial charge in [-0.3, -0.25) is 0 Å². The normalized spacial score (nSPS) is 10.8. The Hall–Kier alpha value is -1.11. The van der Waals surface area contributed by atoms with Crippen LogP contribution >= 0.6 is 46.4 Å². The third kappa shape index (κ3) is 14.7. The summed E-state index contributed by atoms with van der Waals surface area (Å²) in [5.74, 6) is 1.77. The molecule has 0 bridgehead atoms. The first-order chi connectivity index (χ1) is 16.0. The fourth-order valence-corrected chi connectivity index (χ4v) is 3.11. The molecule has 0 radical (unpaired) electrons. The molecule has 0 aromatic heterocycles. The summed E-state index contributed by atoms with van der Waals surface area (Å²) < 4.78 is 17.9. The summed E-state index contributed by atoms with van der Waals surface area (Å²) in [7, 11) is 0. The molecule has 5 nitrogen and oxygen atoms in total. The average molecular weight is 541 g/mol. The van der Waals surface area contributed by atoms with Crippen molar-refractivity contribution in [3.05, 3.63) is 44.4 Å². The largest absolute Gasteiger partial charge is 0.493 e. The average Bonchev–Trinajstić information content (AvgIpc) is 2.78. The molecule has 0 saturated heterocycles. The van der Waals surface area contributed by atoms with Crippen LogP contribution < -0.4 is 9.47 Å². The van der Waals surface area contributed by atoms with E-state index in [4.69, 9.17) is 65.5 Å². The second kappa shape index (κ2) is 19.2. The summed E-state index contributed by atoms with van der Waals surface area (Å²) in [6.45, 7) is 6.81. The highest BCUT2D eigenvalue weighted by molar-refractivity contribution is 6.56. The maximum absolute atomic E-state index is 6.15. The van der Waals surface area contributed by atoms with E-state index < -0.39 is 0 Å². The minimum atomic E-state index is 0.167. The van der Waals surface area contributed by atoms with Gasteiger partial charge in [0.25, 0.3) is 0 Å². The highest BCUT2D eigenvalue weighted by Crippen LogP contribution is 2.31. The fourth-order valence-electron chi connectivity index (χ4n) is 2.86. The van der Waals surface area contributed by atoms with Crippen molar-refractivity contribution in [2.75, 3.05) is 33.0 Å². The van der Waals surface area contributed by atoms with Crippen molar-refractivity contribution in [2.45, 2.75) is 52.4 Å². The Labute approximate surface area is 217 Å². The van der Waals surface area contributed by atoms with Gasteiger partial charge >= 0.3 is 0 Å². The molecule has 33 heavy (non-hydrogen) atoms. The predicted molar refractivity (Wildman–Crippen MR) is 139 cm³/mol. The van der Waals surface area contributed by atoms with Crippen LogP contribution in [0, 0.1) is 0 Å². The summed E-state index contributed by atoms with van der Waals surface area (Å²) >= 11 is 22.2. The molecular formula is C24H33Cl4NO4. The lowest BCUT2D eigenvalue weighted by atomic mass is 10.0. The van der Waals surface area contributed by atoms with Crippen LogP contribution in [0.5, 0.6) is 11.5 Å². The Kier molecular flexibility index (Phi) is 17.4. The molecule has 0 atom stereocenters. The van der Waals surface area contributed by atoms with E-state index in [1.165, 1.54) is 6.08 Å². The number of unbranched alkanes of at least 4 members (excludes halogenated alkanes) is 2. The van der Waals surface area contributed by atoms with Crippen molar-refractivity contribution < 1.29 is 19.0 Å². The molecular weight excluding hydrogens is 508 g/mol. The zero-order valence-electron chi connectivity index (χ0n) is 19.3. The second-order valence-corrected chi connectivity index (χ2v) is 8.99. The van der Waals surface area contributed by atoms with Gasteiger partial charge in [0.1, 0.15) is 33.7 Å². The van der Waals surface area contributed by atoms with Crippen molar-refractivity contribution in [3.8, 4) is 11.5 Å². The van der Waals surface area contributed by atoms with Crippen LogP contribution in [-0.4, -0.2) is 39.2 Å². The number of rotatable bonds is 18. The van der Waals surface area contributed by atoms with E-state index in [9.17, 15) is 0 Å². The number of halogens is 4. The third-order valence-corrected chi connectivity index (χ3v) is 5.11. The Balaban J connectivity index is 2.26. The molecule has 0 amide bonds. The van der Waals surface area contributed by atoms with Gasteiger partial charge < -0.3 is 19.0 Å². The summed E-state index contributed by atoms with van der Waals surface area (Å²) in [5.41, 5.74) is 2.28. The lowest BCUT2D eigenvalue weighted by Gasteiger charge is -2.17. The molecule has 0 aliphatic rings. The predicted octanol–water partition coefficient (Wildman–Crippen LogP) is 7.79. The van der Waals surface area contributed by atoms with Crippen molar-refractivity contribution in [2.24, 2.45) is 5.16 Å². The molecule has 0 aliphatic carbocycles. The Morgan fingerprint density at radius 2 is 1.45 bits per heavy atom. The number of hydrogen-bond donors (Lipinski definition) is 0. The number of hydrogen-bond acceptors (Lipinski definition) is 5. The lowest BCUT2D eigenvalue weighted by molar-refractivity contribution is 0.134. The lowest BCUT2D eigenvalue weighted by Crippen LogP contribution is -2.05. The van der Waals surface area contributed by atoms with E-state index in [1.807, 2.05) is 12.1 Å². The number of benzene rings is 1. The highest BCUT2D eigenvalue weighted by atomic mass is 35.5. The van der Waals surface area contributed by atoms with E-state index in [0.29, 0.717) is 32.8 Å². The zero-order chi connectivity index (χ0) is 24.3. The molecule has 0 spiro atoms.